The topological polar surface area (TPSA) is 69.6 Å². The van der Waals surface area contributed by atoms with Crippen LogP contribution in [0.25, 0.3) is 0 Å². The van der Waals surface area contributed by atoms with Crippen LogP contribution in [-0.2, 0) is 4.79 Å². The van der Waals surface area contributed by atoms with E-state index < -0.39 is 12.1 Å². The number of carbonyl (C=O) groups excluding carboxylic acids is 1. The van der Waals surface area contributed by atoms with Gasteiger partial charge in [0.15, 0.2) is 0 Å². The molecule has 4 heteroatoms. The summed E-state index contributed by atoms with van der Waals surface area (Å²) >= 11 is 0. The maximum atomic E-state index is 12.1. The van der Waals surface area contributed by atoms with Crippen LogP contribution in [0.5, 0.6) is 0 Å². The standard InChI is InChI=1S/C34H55NO3/c1-3-5-7-8-9-10-11-12-13-14-15-16-17-18-19-20-21-22-23-24-25-26-28-30-34(38)35-32(31-36)33(37)29-27-6-4-2/h5,7,9-10,12-13,15-16,18-19,21-22,27,29,32-33,36-37H,3-4,6,8,11,14,17,20,23-26,28,30-31H2,1-2H3,(H,35,38)/b7-5-,10-9-,13-12-,16-15-,19-18-,22-21-,29-27+. The number of hydrogen-bond donors (Lipinski definition) is 3. The quantitative estimate of drug-likeness (QED) is 0.0878. The zero-order valence-electron chi connectivity index (χ0n) is 24.1. The Morgan fingerprint density at radius 3 is 1.66 bits per heavy atom. The van der Waals surface area contributed by atoms with Gasteiger partial charge in [-0.2, -0.15) is 0 Å². The third kappa shape index (κ3) is 25.2. The molecule has 0 heterocycles. The van der Waals surface area contributed by atoms with Crippen molar-refractivity contribution in [2.24, 2.45) is 0 Å². The third-order valence-electron chi connectivity index (χ3n) is 5.87. The van der Waals surface area contributed by atoms with Gasteiger partial charge >= 0.3 is 0 Å². The fourth-order valence-electron chi connectivity index (χ4n) is 3.60. The maximum absolute atomic E-state index is 12.1. The average molecular weight is 526 g/mol. The summed E-state index contributed by atoms with van der Waals surface area (Å²) in [5.41, 5.74) is 0. The molecule has 2 atom stereocenters. The van der Waals surface area contributed by atoms with Crippen LogP contribution in [0.15, 0.2) is 85.1 Å². The molecule has 0 radical (unpaired) electrons. The van der Waals surface area contributed by atoms with Crippen LogP contribution in [0, 0.1) is 0 Å². The van der Waals surface area contributed by atoms with Crippen LogP contribution in [0.4, 0.5) is 0 Å². The van der Waals surface area contributed by atoms with E-state index in [4.69, 9.17) is 0 Å². The van der Waals surface area contributed by atoms with Crippen molar-refractivity contribution in [1.29, 1.82) is 0 Å². The second kappa shape index (κ2) is 29.1. The second-order valence-corrected chi connectivity index (χ2v) is 9.43. The molecule has 0 rings (SSSR count). The van der Waals surface area contributed by atoms with Crippen LogP contribution >= 0.6 is 0 Å². The molecule has 0 aromatic rings. The highest BCUT2D eigenvalue weighted by Crippen LogP contribution is 2.07. The summed E-state index contributed by atoms with van der Waals surface area (Å²) < 4.78 is 0. The van der Waals surface area contributed by atoms with Crippen LogP contribution in [0.3, 0.4) is 0 Å². The largest absolute Gasteiger partial charge is 0.394 e. The van der Waals surface area contributed by atoms with E-state index in [0.29, 0.717) is 6.42 Å². The highest BCUT2D eigenvalue weighted by molar-refractivity contribution is 5.76. The number of aliphatic hydroxyl groups excluding tert-OH is 2. The van der Waals surface area contributed by atoms with Gasteiger partial charge in [0, 0.05) is 6.42 Å². The van der Waals surface area contributed by atoms with Gasteiger partial charge in [0.25, 0.3) is 0 Å². The molecule has 0 spiro atoms. The molecular weight excluding hydrogens is 470 g/mol. The lowest BCUT2D eigenvalue weighted by molar-refractivity contribution is -0.123. The molecule has 3 N–H and O–H groups in total. The van der Waals surface area contributed by atoms with Crippen molar-refractivity contribution in [1.82, 2.24) is 5.32 Å². The molecule has 0 aliphatic rings. The third-order valence-corrected chi connectivity index (χ3v) is 5.87. The molecule has 0 aliphatic carbocycles. The molecule has 0 fully saturated rings. The highest BCUT2D eigenvalue weighted by Gasteiger charge is 2.17. The Bertz CT molecular complexity index is 743. The fraction of sp³-hybridized carbons (Fsp3) is 0.559. The number of aliphatic hydroxyl groups is 2. The van der Waals surface area contributed by atoms with Gasteiger partial charge in [-0.3, -0.25) is 4.79 Å². The summed E-state index contributed by atoms with van der Waals surface area (Å²) in [6, 6.07) is -0.635. The van der Waals surface area contributed by atoms with Gasteiger partial charge in [-0.15, -0.1) is 0 Å². The summed E-state index contributed by atoms with van der Waals surface area (Å²) in [4.78, 5) is 12.1. The van der Waals surface area contributed by atoms with E-state index in [1.54, 1.807) is 6.08 Å². The SMILES string of the molecule is CC/C=C\C/C=C\C/C=C\C/C=C\C/C=C\C/C=C\CCCCCCC(=O)NC(CO)C(O)/C=C/CCC. The molecule has 4 nitrogen and oxygen atoms in total. The van der Waals surface area contributed by atoms with Gasteiger partial charge in [-0.05, 0) is 64.2 Å². The first kappa shape index (κ1) is 35.6. The lowest BCUT2D eigenvalue weighted by atomic mass is 10.1. The van der Waals surface area contributed by atoms with Gasteiger partial charge in [0.2, 0.25) is 5.91 Å². The lowest BCUT2D eigenvalue weighted by Gasteiger charge is -2.19. The van der Waals surface area contributed by atoms with Crippen molar-refractivity contribution in [3.63, 3.8) is 0 Å². The summed E-state index contributed by atoms with van der Waals surface area (Å²) in [6.07, 6.45) is 42.8. The molecule has 0 saturated carbocycles. The lowest BCUT2D eigenvalue weighted by Crippen LogP contribution is -2.45. The first-order valence-electron chi connectivity index (χ1n) is 14.8. The Morgan fingerprint density at radius 2 is 1.16 bits per heavy atom. The minimum absolute atomic E-state index is 0.107. The molecule has 214 valence electrons. The number of unbranched alkanes of at least 4 members (excludes halogenated alkanes) is 5. The van der Waals surface area contributed by atoms with Crippen molar-refractivity contribution in [3.8, 4) is 0 Å². The smallest absolute Gasteiger partial charge is 0.220 e. The Hall–Kier alpha value is -2.43. The Labute approximate surface area is 233 Å². The zero-order valence-corrected chi connectivity index (χ0v) is 24.1. The molecule has 0 aromatic carbocycles. The molecule has 0 saturated heterocycles. The highest BCUT2D eigenvalue weighted by atomic mass is 16.3. The first-order valence-corrected chi connectivity index (χ1v) is 14.8. The number of amides is 1. The van der Waals surface area contributed by atoms with Crippen molar-refractivity contribution in [2.75, 3.05) is 6.61 Å². The first-order chi connectivity index (χ1) is 18.7. The predicted molar refractivity (Wildman–Crippen MR) is 165 cm³/mol. The summed E-state index contributed by atoms with van der Waals surface area (Å²) in [5.74, 6) is -0.107. The number of carbonyl (C=O) groups is 1. The number of allylic oxidation sites excluding steroid dienone is 13. The molecule has 2 unspecified atom stereocenters. The molecule has 0 bridgehead atoms. The van der Waals surface area contributed by atoms with E-state index in [1.807, 2.05) is 6.08 Å². The van der Waals surface area contributed by atoms with E-state index in [-0.39, 0.29) is 12.5 Å². The van der Waals surface area contributed by atoms with Crippen molar-refractivity contribution in [2.45, 2.75) is 116 Å². The van der Waals surface area contributed by atoms with Crippen LogP contribution < -0.4 is 5.32 Å². The van der Waals surface area contributed by atoms with Crippen molar-refractivity contribution >= 4 is 5.91 Å². The maximum Gasteiger partial charge on any atom is 0.220 e. The summed E-state index contributed by atoms with van der Waals surface area (Å²) in [7, 11) is 0. The Balaban J connectivity index is 3.68. The van der Waals surface area contributed by atoms with Crippen molar-refractivity contribution in [3.05, 3.63) is 85.1 Å². The predicted octanol–water partition coefficient (Wildman–Crippen LogP) is 8.22. The van der Waals surface area contributed by atoms with Gasteiger partial charge in [0.1, 0.15) is 0 Å². The normalized spacial score (nSPS) is 14.5. The van der Waals surface area contributed by atoms with Crippen LogP contribution in [0.2, 0.25) is 0 Å². The molecule has 0 aliphatic heterocycles. The van der Waals surface area contributed by atoms with E-state index in [2.05, 4.69) is 92.1 Å². The zero-order chi connectivity index (χ0) is 27.9. The minimum atomic E-state index is -0.850. The van der Waals surface area contributed by atoms with E-state index in [0.717, 1.165) is 83.5 Å². The van der Waals surface area contributed by atoms with Gasteiger partial charge in [-0.1, -0.05) is 118 Å². The number of rotatable bonds is 24. The molecular formula is C34H55NO3. The molecule has 0 aromatic heterocycles. The Morgan fingerprint density at radius 1 is 0.658 bits per heavy atom. The number of nitrogens with one attached hydrogen (secondary N) is 1. The number of hydrogen-bond acceptors (Lipinski definition) is 3. The van der Waals surface area contributed by atoms with E-state index >= 15 is 0 Å². The van der Waals surface area contributed by atoms with Gasteiger partial charge in [-0.25, -0.2) is 0 Å². The van der Waals surface area contributed by atoms with E-state index in [9.17, 15) is 15.0 Å². The summed E-state index contributed by atoms with van der Waals surface area (Å²) in [5, 5.41) is 22.2. The monoisotopic (exact) mass is 525 g/mol. The fourth-order valence-corrected chi connectivity index (χ4v) is 3.60. The van der Waals surface area contributed by atoms with E-state index in [1.165, 1.54) is 0 Å². The summed E-state index contributed by atoms with van der Waals surface area (Å²) in [6.45, 7) is 3.95. The van der Waals surface area contributed by atoms with Crippen molar-refractivity contribution < 1.29 is 15.0 Å². The average Bonchev–Trinajstić information content (AvgIpc) is 2.92. The van der Waals surface area contributed by atoms with Crippen LogP contribution in [0.1, 0.15) is 104 Å². The second-order valence-electron chi connectivity index (χ2n) is 9.43. The Kier molecular flexibility index (Phi) is 27.3. The van der Waals surface area contributed by atoms with Crippen LogP contribution in [-0.4, -0.2) is 34.9 Å². The minimum Gasteiger partial charge on any atom is -0.394 e. The molecule has 1 amide bonds. The molecule has 38 heavy (non-hydrogen) atoms. The van der Waals surface area contributed by atoms with Gasteiger partial charge in [0.05, 0.1) is 18.8 Å². The van der Waals surface area contributed by atoms with Gasteiger partial charge < -0.3 is 15.5 Å².